The van der Waals surface area contributed by atoms with Crippen LogP contribution in [0.3, 0.4) is 0 Å². The lowest BCUT2D eigenvalue weighted by molar-refractivity contribution is -0.132. The third kappa shape index (κ3) is 2.97. The first-order valence-corrected chi connectivity index (χ1v) is 10.0. The number of aliphatic hydroxyl groups is 1. The summed E-state index contributed by atoms with van der Waals surface area (Å²) in [6.45, 7) is 4.40. The van der Waals surface area contributed by atoms with Crippen molar-refractivity contribution in [2.75, 3.05) is 0 Å². The van der Waals surface area contributed by atoms with E-state index in [1.54, 1.807) is 12.1 Å². The fourth-order valence-electron chi connectivity index (χ4n) is 5.62. The summed E-state index contributed by atoms with van der Waals surface area (Å²) in [7, 11) is 0. The van der Waals surface area contributed by atoms with E-state index in [2.05, 4.69) is 13.8 Å². The van der Waals surface area contributed by atoms with Crippen molar-refractivity contribution in [2.24, 2.45) is 23.7 Å². The average Bonchev–Trinajstić information content (AvgIpc) is 2.59. The van der Waals surface area contributed by atoms with Gasteiger partial charge in [-0.2, -0.15) is 0 Å². The summed E-state index contributed by atoms with van der Waals surface area (Å²) in [6, 6.07) is 12.4. The highest BCUT2D eigenvalue weighted by Crippen LogP contribution is 2.55. The van der Waals surface area contributed by atoms with Gasteiger partial charge in [0, 0.05) is 5.02 Å². The van der Waals surface area contributed by atoms with Gasteiger partial charge in [0.05, 0.1) is 5.60 Å². The van der Waals surface area contributed by atoms with Crippen LogP contribution in [0.2, 0.25) is 5.02 Å². The summed E-state index contributed by atoms with van der Waals surface area (Å²) in [6.07, 6.45) is 4.30. The number of rotatable bonds is 2. The quantitative estimate of drug-likeness (QED) is 0.644. The zero-order valence-electron chi connectivity index (χ0n) is 15.4. The van der Waals surface area contributed by atoms with Gasteiger partial charge in [0.1, 0.15) is 5.82 Å². The van der Waals surface area contributed by atoms with E-state index in [1.165, 1.54) is 12.5 Å². The molecule has 2 aliphatic rings. The van der Waals surface area contributed by atoms with Gasteiger partial charge in [-0.25, -0.2) is 4.39 Å². The molecule has 0 aliphatic heterocycles. The minimum absolute atomic E-state index is 0.110. The number of hydrogen-bond acceptors (Lipinski definition) is 1. The molecule has 4 rings (SSSR count). The maximum absolute atomic E-state index is 14.3. The maximum Gasteiger partial charge on any atom is 0.123 e. The highest BCUT2D eigenvalue weighted by Gasteiger charge is 2.51. The molecule has 0 aromatic heterocycles. The molecule has 5 atom stereocenters. The summed E-state index contributed by atoms with van der Waals surface area (Å²) in [4.78, 5) is 0. The summed E-state index contributed by atoms with van der Waals surface area (Å²) < 4.78 is 14.3. The highest BCUT2D eigenvalue weighted by atomic mass is 35.5. The Labute approximate surface area is 160 Å². The summed E-state index contributed by atoms with van der Waals surface area (Å²) in [5.74, 6) is 1.29. The first-order chi connectivity index (χ1) is 12.4. The Hall–Kier alpha value is -1.38. The standard InChI is InChI=1S/C23H26ClFO/c1-14-8-16-10-15(2)23(26,18(9-14)11-16)22-13-20(25)6-7-21(22)17-4-3-5-19(24)12-17/h3-7,12-16,18,26H,8-11H2,1-2H3/t14-,15?,16?,18?,23-/m0/s1. The molecular weight excluding hydrogens is 347 g/mol. The van der Waals surface area contributed by atoms with Gasteiger partial charge in [-0.3, -0.25) is 0 Å². The third-order valence-electron chi connectivity index (χ3n) is 6.65. The molecule has 1 N–H and O–H groups in total. The lowest BCUT2D eigenvalue weighted by Crippen LogP contribution is -2.49. The summed E-state index contributed by atoms with van der Waals surface area (Å²) >= 11 is 6.19. The van der Waals surface area contributed by atoms with E-state index >= 15 is 0 Å². The summed E-state index contributed by atoms with van der Waals surface area (Å²) in [5, 5.41) is 12.6. The Morgan fingerprint density at radius 3 is 2.62 bits per heavy atom. The van der Waals surface area contributed by atoms with Gasteiger partial charge in [-0.05, 0) is 90.3 Å². The van der Waals surface area contributed by atoms with E-state index in [1.807, 2.05) is 24.3 Å². The van der Waals surface area contributed by atoms with Crippen molar-refractivity contribution in [2.45, 2.75) is 45.1 Å². The van der Waals surface area contributed by atoms with Gasteiger partial charge in [0.25, 0.3) is 0 Å². The number of benzene rings is 2. The van der Waals surface area contributed by atoms with Crippen LogP contribution in [0, 0.1) is 29.5 Å². The minimum Gasteiger partial charge on any atom is -0.385 e. The molecule has 26 heavy (non-hydrogen) atoms. The zero-order chi connectivity index (χ0) is 18.5. The average molecular weight is 373 g/mol. The second kappa shape index (κ2) is 6.65. The van der Waals surface area contributed by atoms with Crippen LogP contribution in [0.15, 0.2) is 42.5 Å². The van der Waals surface area contributed by atoms with E-state index in [0.717, 1.165) is 36.0 Å². The molecule has 2 aliphatic carbocycles. The topological polar surface area (TPSA) is 20.2 Å². The fraction of sp³-hybridized carbons (Fsp3) is 0.478. The Kier molecular flexibility index (Phi) is 4.61. The molecule has 3 unspecified atom stereocenters. The molecule has 0 saturated heterocycles. The SMILES string of the molecule is CC1CC2CC(C[C@@H](C)C2)[C@]1(O)c1cc(F)ccc1-c1cccc(Cl)c1. The van der Waals surface area contributed by atoms with Gasteiger partial charge in [-0.15, -0.1) is 0 Å². The molecule has 2 aromatic carbocycles. The molecule has 2 aromatic rings. The largest absolute Gasteiger partial charge is 0.385 e. The maximum atomic E-state index is 14.3. The van der Waals surface area contributed by atoms with Crippen molar-refractivity contribution in [3.05, 3.63) is 58.9 Å². The number of halogens is 2. The monoisotopic (exact) mass is 372 g/mol. The molecule has 2 saturated carbocycles. The van der Waals surface area contributed by atoms with E-state index in [9.17, 15) is 9.50 Å². The van der Waals surface area contributed by atoms with E-state index < -0.39 is 5.60 Å². The fourth-order valence-corrected chi connectivity index (χ4v) is 5.81. The van der Waals surface area contributed by atoms with Crippen LogP contribution in [-0.4, -0.2) is 5.11 Å². The van der Waals surface area contributed by atoms with Gasteiger partial charge in [0.2, 0.25) is 0 Å². The normalized spacial score (nSPS) is 33.9. The predicted molar refractivity (Wildman–Crippen MR) is 105 cm³/mol. The van der Waals surface area contributed by atoms with E-state index in [4.69, 9.17) is 11.6 Å². The van der Waals surface area contributed by atoms with Crippen molar-refractivity contribution in [1.82, 2.24) is 0 Å². The second-order valence-corrected chi connectivity index (χ2v) is 8.97. The van der Waals surface area contributed by atoms with Crippen LogP contribution in [0.5, 0.6) is 0 Å². The lowest BCUT2D eigenvalue weighted by Gasteiger charge is -2.52. The molecule has 0 spiro atoms. The number of hydrogen-bond donors (Lipinski definition) is 1. The van der Waals surface area contributed by atoms with Gasteiger partial charge >= 0.3 is 0 Å². The summed E-state index contributed by atoms with van der Waals surface area (Å²) in [5.41, 5.74) is 1.55. The van der Waals surface area contributed by atoms with Crippen LogP contribution in [0.4, 0.5) is 4.39 Å². The zero-order valence-corrected chi connectivity index (χ0v) is 16.1. The van der Waals surface area contributed by atoms with Gasteiger partial charge in [-0.1, -0.05) is 43.6 Å². The first kappa shape index (κ1) is 18.0. The molecule has 0 radical (unpaired) electrons. The second-order valence-electron chi connectivity index (χ2n) is 8.54. The predicted octanol–water partition coefficient (Wildman–Crippen LogP) is 6.43. The first-order valence-electron chi connectivity index (χ1n) is 9.66. The minimum atomic E-state index is -0.995. The van der Waals surface area contributed by atoms with E-state index in [0.29, 0.717) is 16.9 Å². The van der Waals surface area contributed by atoms with Gasteiger partial charge in [0.15, 0.2) is 0 Å². The lowest BCUT2D eigenvalue weighted by atomic mass is 9.55. The van der Waals surface area contributed by atoms with Gasteiger partial charge < -0.3 is 5.11 Å². The van der Waals surface area contributed by atoms with Crippen molar-refractivity contribution in [1.29, 1.82) is 0 Å². The smallest absolute Gasteiger partial charge is 0.123 e. The number of fused-ring (bicyclic) bond motifs is 2. The van der Waals surface area contributed by atoms with E-state index in [-0.39, 0.29) is 17.7 Å². The molecule has 0 heterocycles. The molecule has 2 bridgehead atoms. The van der Waals surface area contributed by atoms with Crippen LogP contribution < -0.4 is 0 Å². The third-order valence-corrected chi connectivity index (χ3v) is 6.88. The van der Waals surface area contributed by atoms with Crippen molar-refractivity contribution >= 4 is 11.6 Å². The van der Waals surface area contributed by atoms with Crippen molar-refractivity contribution in [3.8, 4) is 11.1 Å². The van der Waals surface area contributed by atoms with Crippen LogP contribution in [-0.2, 0) is 5.60 Å². The molecule has 138 valence electrons. The molecular formula is C23H26ClFO. The van der Waals surface area contributed by atoms with Crippen molar-refractivity contribution < 1.29 is 9.50 Å². The Balaban J connectivity index is 1.87. The Bertz CT molecular complexity index is 816. The Morgan fingerprint density at radius 1 is 1.04 bits per heavy atom. The molecule has 2 fully saturated rings. The highest BCUT2D eigenvalue weighted by molar-refractivity contribution is 6.30. The Morgan fingerprint density at radius 2 is 1.85 bits per heavy atom. The van der Waals surface area contributed by atoms with Crippen LogP contribution >= 0.6 is 11.6 Å². The molecule has 3 heteroatoms. The molecule has 1 nitrogen and oxygen atoms in total. The van der Waals surface area contributed by atoms with Crippen molar-refractivity contribution in [3.63, 3.8) is 0 Å². The van der Waals surface area contributed by atoms with Crippen LogP contribution in [0.1, 0.15) is 45.1 Å². The van der Waals surface area contributed by atoms with Crippen LogP contribution in [0.25, 0.3) is 11.1 Å². The molecule has 0 amide bonds.